The van der Waals surface area contributed by atoms with Gasteiger partial charge in [-0.1, -0.05) is 16.6 Å². The van der Waals surface area contributed by atoms with Gasteiger partial charge in [-0.2, -0.15) is 5.12 Å². The number of imidazole rings is 1. The molecule has 0 spiro atoms. The number of carbonyl (C=O) groups excluding carboxylic acids is 1. The number of carbonyl (C=O) groups is 1. The molecule has 20 heavy (non-hydrogen) atoms. The van der Waals surface area contributed by atoms with Crippen LogP contribution in [0.2, 0.25) is 0 Å². The first kappa shape index (κ1) is 12.3. The summed E-state index contributed by atoms with van der Waals surface area (Å²) in [5.74, 6) is -0.0423. The topological polar surface area (TPSA) is 50.5 Å². The Labute approximate surface area is 114 Å². The third-order valence-corrected chi connectivity index (χ3v) is 2.99. The lowest BCUT2D eigenvalue weighted by Gasteiger charge is -2.06. The van der Waals surface area contributed by atoms with Crippen LogP contribution < -0.4 is 0 Å². The molecular weight excluding hydrogens is 259 g/mol. The van der Waals surface area contributed by atoms with Gasteiger partial charge in [0.1, 0.15) is 0 Å². The number of hydrogen-bond acceptors (Lipinski definition) is 3. The van der Waals surface area contributed by atoms with Crippen molar-refractivity contribution in [1.82, 2.24) is 19.5 Å². The molecule has 0 saturated carbocycles. The lowest BCUT2D eigenvalue weighted by molar-refractivity contribution is 0.0343. The highest BCUT2D eigenvalue weighted by Crippen LogP contribution is 2.19. The predicted octanol–water partition coefficient (Wildman–Crippen LogP) is 2.35. The maximum atomic E-state index is 12.8. The Bertz CT molecular complexity index is 764. The Kier molecular flexibility index (Phi) is 2.90. The summed E-state index contributed by atoms with van der Waals surface area (Å²) in [5, 5.41) is 0.0636. The van der Waals surface area contributed by atoms with Crippen molar-refractivity contribution in [1.29, 1.82) is 0 Å². The SMILES string of the molecule is CN(F)C(=O)c1ccc(-c2cnc3nccn3c2)cc1. The van der Waals surface area contributed by atoms with Gasteiger partial charge in [0, 0.05) is 43.0 Å². The van der Waals surface area contributed by atoms with Gasteiger partial charge in [0.05, 0.1) is 0 Å². The van der Waals surface area contributed by atoms with Crippen molar-refractivity contribution in [3.63, 3.8) is 0 Å². The fourth-order valence-corrected chi connectivity index (χ4v) is 1.95. The summed E-state index contributed by atoms with van der Waals surface area (Å²) >= 11 is 0. The number of aromatic nitrogens is 3. The predicted molar refractivity (Wildman–Crippen MR) is 71.6 cm³/mol. The Hall–Kier alpha value is -2.76. The number of benzene rings is 1. The third-order valence-electron chi connectivity index (χ3n) is 2.99. The lowest BCUT2D eigenvalue weighted by Crippen LogP contribution is -2.17. The van der Waals surface area contributed by atoms with Crippen LogP contribution in [0.3, 0.4) is 0 Å². The van der Waals surface area contributed by atoms with Gasteiger partial charge in [0.15, 0.2) is 0 Å². The quantitative estimate of drug-likeness (QED) is 0.672. The molecule has 0 radical (unpaired) electrons. The zero-order valence-electron chi connectivity index (χ0n) is 10.7. The molecule has 0 unspecified atom stereocenters. The average Bonchev–Trinajstić information content (AvgIpc) is 2.94. The third kappa shape index (κ3) is 2.11. The molecule has 0 bridgehead atoms. The molecule has 6 heteroatoms. The number of nitrogens with zero attached hydrogens (tertiary/aromatic N) is 4. The number of rotatable bonds is 2. The molecule has 0 aliphatic heterocycles. The molecule has 2 aromatic heterocycles. The minimum atomic E-state index is -0.667. The van der Waals surface area contributed by atoms with E-state index < -0.39 is 5.91 Å². The van der Waals surface area contributed by atoms with Crippen LogP contribution >= 0.6 is 0 Å². The maximum Gasteiger partial charge on any atom is 0.281 e. The van der Waals surface area contributed by atoms with Crippen LogP contribution in [-0.4, -0.2) is 32.4 Å². The standard InChI is InChI=1S/C14H11FN4O/c1-18(15)13(20)11-4-2-10(3-5-11)12-8-17-14-16-6-7-19(14)9-12/h2-9H,1H3. The highest BCUT2D eigenvalue weighted by molar-refractivity contribution is 5.93. The Morgan fingerprint density at radius 3 is 2.65 bits per heavy atom. The molecule has 100 valence electrons. The molecule has 0 atom stereocenters. The first-order valence-electron chi connectivity index (χ1n) is 5.98. The normalized spacial score (nSPS) is 10.7. The number of halogens is 1. The largest absolute Gasteiger partial charge is 0.291 e. The van der Waals surface area contributed by atoms with Crippen molar-refractivity contribution in [2.45, 2.75) is 0 Å². The molecule has 1 amide bonds. The Balaban J connectivity index is 1.96. The summed E-state index contributed by atoms with van der Waals surface area (Å²) in [6.45, 7) is 0. The maximum absolute atomic E-state index is 12.8. The van der Waals surface area contributed by atoms with E-state index in [2.05, 4.69) is 9.97 Å². The van der Waals surface area contributed by atoms with Crippen molar-refractivity contribution in [2.24, 2.45) is 0 Å². The van der Waals surface area contributed by atoms with Gasteiger partial charge in [-0.05, 0) is 17.7 Å². The van der Waals surface area contributed by atoms with Gasteiger partial charge in [-0.25, -0.2) is 9.97 Å². The molecule has 0 aliphatic rings. The number of fused-ring (bicyclic) bond motifs is 1. The Morgan fingerprint density at radius 1 is 1.20 bits per heavy atom. The molecule has 0 aliphatic carbocycles. The summed E-state index contributed by atoms with van der Waals surface area (Å²) in [7, 11) is 1.08. The van der Waals surface area contributed by atoms with Crippen molar-refractivity contribution < 1.29 is 9.28 Å². The van der Waals surface area contributed by atoms with Crippen LogP contribution in [0, 0.1) is 0 Å². The van der Waals surface area contributed by atoms with Gasteiger partial charge < -0.3 is 0 Å². The Morgan fingerprint density at radius 2 is 1.95 bits per heavy atom. The van der Waals surface area contributed by atoms with E-state index >= 15 is 0 Å². The van der Waals surface area contributed by atoms with E-state index in [0.717, 1.165) is 18.2 Å². The summed E-state index contributed by atoms with van der Waals surface area (Å²) in [6, 6.07) is 6.70. The highest BCUT2D eigenvalue weighted by atomic mass is 19.2. The minimum absolute atomic E-state index is 0.0636. The summed E-state index contributed by atoms with van der Waals surface area (Å²) in [5.41, 5.74) is 2.09. The first-order chi connectivity index (χ1) is 9.65. The summed E-state index contributed by atoms with van der Waals surface area (Å²) < 4.78 is 14.6. The van der Waals surface area contributed by atoms with E-state index in [-0.39, 0.29) is 5.12 Å². The van der Waals surface area contributed by atoms with E-state index in [1.54, 1.807) is 36.7 Å². The van der Waals surface area contributed by atoms with Gasteiger partial charge in [0.2, 0.25) is 5.78 Å². The number of amides is 1. The second-order valence-electron chi connectivity index (χ2n) is 4.34. The average molecular weight is 270 g/mol. The van der Waals surface area contributed by atoms with Crippen LogP contribution in [0.25, 0.3) is 16.9 Å². The van der Waals surface area contributed by atoms with E-state index in [0.29, 0.717) is 11.3 Å². The van der Waals surface area contributed by atoms with Gasteiger partial charge in [-0.3, -0.25) is 9.20 Å². The van der Waals surface area contributed by atoms with Crippen LogP contribution in [-0.2, 0) is 0 Å². The van der Waals surface area contributed by atoms with Crippen LogP contribution in [0.4, 0.5) is 4.48 Å². The van der Waals surface area contributed by atoms with Crippen molar-refractivity contribution >= 4 is 11.7 Å². The minimum Gasteiger partial charge on any atom is -0.291 e. The lowest BCUT2D eigenvalue weighted by atomic mass is 10.1. The zero-order chi connectivity index (χ0) is 14.1. The molecule has 1 aromatic carbocycles. The van der Waals surface area contributed by atoms with Gasteiger partial charge in [0.25, 0.3) is 5.91 Å². The molecule has 2 heterocycles. The molecular formula is C14H11FN4O. The molecule has 0 N–H and O–H groups in total. The number of hydrogen-bond donors (Lipinski definition) is 0. The van der Waals surface area contributed by atoms with Crippen LogP contribution in [0.5, 0.6) is 0 Å². The van der Waals surface area contributed by atoms with Crippen LogP contribution in [0.15, 0.2) is 49.1 Å². The molecule has 0 saturated heterocycles. The van der Waals surface area contributed by atoms with Crippen LogP contribution in [0.1, 0.15) is 10.4 Å². The summed E-state index contributed by atoms with van der Waals surface area (Å²) in [6.07, 6.45) is 7.08. The van der Waals surface area contributed by atoms with E-state index in [9.17, 15) is 9.28 Å². The van der Waals surface area contributed by atoms with Crippen molar-refractivity contribution in [3.8, 4) is 11.1 Å². The molecule has 3 aromatic rings. The zero-order valence-corrected chi connectivity index (χ0v) is 10.7. The fourth-order valence-electron chi connectivity index (χ4n) is 1.95. The monoisotopic (exact) mass is 270 g/mol. The molecule has 3 rings (SSSR count). The molecule has 0 fully saturated rings. The highest BCUT2D eigenvalue weighted by Gasteiger charge is 2.10. The van der Waals surface area contributed by atoms with Crippen molar-refractivity contribution in [3.05, 3.63) is 54.6 Å². The van der Waals surface area contributed by atoms with Crippen molar-refractivity contribution in [2.75, 3.05) is 7.05 Å². The smallest absolute Gasteiger partial charge is 0.281 e. The molecule has 5 nitrogen and oxygen atoms in total. The van der Waals surface area contributed by atoms with E-state index in [1.807, 2.05) is 16.8 Å². The second-order valence-corrected chi connectivity index (χ2v) is 4.34. The first-order valence-corrected chi connectivity index (χ1v) is 5.98. The van der Waals surface area contributed by atoms with E-state index in [1.165, 1.54) is 0 Å². The summed E-state index contributed by atoms with van der Waals surface area (Å²) in [4.78, 5) is 19.7. The second kappa shape index (κ2) is 4.73. The fraction of sp³-hybridized carbons (Fsp3) is 0.0714. The van der Waals surface area contributed by atoms with E-state index in [4.69, 9.17) is 0 Å². The van der Waals surface area contributed by atoms with Gasteiger partial charge >= 0.3 is 0 Å². The van der Waals surface area contributed by atoms with Gasteiger partial charge in [-0.15, -0.1) is 0 Å².